The largest absolute Gasteiger partial charge is 1.00 e. The Morgan fingerprint density at radius 1 is 1.33 bits per heavy atom. The predicted molar refractivity (Wildman–Crippen MR) is 59.5 cm³/mol. The summed E-state index contributed by atoms with van der Waals surface area (Å²) in [5.41, 5.74) is 5.40. The fourth-order valence-electron chi connectivity index (χ4n) is 2.51. The van der Waals surface area contributed by atoms with Crippen LogP contribution in [-0.2, 0) is 14.9 Å². The molecule has 0 aromatic heterocycles. The average molecular weight is 287 g/mol. The molecular weight excluding hydrogens is 269 g/mol. The molecule has 0 aromatic carbocycles. The van der Waals surface area contributed by atoms with E-state index in [1.54, 1.807) is 0 Å². The second kappa shape index (κ2) is 7.81. The summed E-state index contributed by atoms with van der Waals surface area (Å²) in [5.74, 6) is -1.90. The van der Waals surface area contributed by atoms with Gasteiger partial charge in [0.25, 0.3) is 10.1 Å². The van der Waals surface area contributed by atoms with Gasteiger partial charge in [-0.25, -0.2) is 0 Å². The normalized spacial score (nSPS) is 26.1. The molecule has 0 amide bonds. The number of hydrogen-bond donors (Lipinski definition) is 2. The van der Waals surface area contributed by atoms with Gasteiger partial charge in [-0.15, -0.1) is 0 Å². The minimum absolute atomic E-state index is 0. The van der Waals surface area contributed by atoms with E-state index in [4.69, 9.17) is 10.3 Å². The van der Waals surface area contributed by atoms with Crippen LogP contribution in [0.4, 0.5) is 0 Å². The molecule has 1 saturated carbocycles. The standard InChI is InChI=1S/C10H19NO5S.Na/c11-9(10(12)13)5-7-3-1-2-4-8(7)6-17(14,15)16;/h7-9H,1-6,11H2,(H,12,13)(H,14,15,16);/q;+1/p-1/t7?,8?,9-;/m0./s1. The van der Waals surface area contributed by atoms with Crippen LogP contribution >= 0.6 is 0 Å². The quantitative estimate of drug-likeness (QED) is 0.394. The third-order valence-electron chi connectivity index (χ3n) is 3.35. The summed E-state index contributed by atoms with van der Waals surface area (Å²) in [4.78, 5) is 10.6. The van der Waals surface area contributed by atoms with Crippen LogP contribution < -0.4 is 40.4 Å². The Labute approximate surface area is 129 Å². The van der Waals surface area contributed by atoms with E-state index in [0.717, 1.165) is 19.3 Å². The first-order chi connectivity index (χ1) is 7.79. The van der Waals surface area contributed by atoms with Gasteiger partial charge in [-0.2, -0.15) is 8.42 Å². The number of carboxylic acids is 1. The Morgan fingerprint density at radius 3 is 2.28 bits per heavy atom. The minimum atomic E-state index is -4.02. The van der Waals surface area contributed by atoms with Crippen LogP contribution in [0.2, 0.25) is 0 Å². The minimum Gasteiger partial charge on any atom is -0.548 e. The van der Waals surface area contributed by atoms with Crippen LogP contribution in [0, 0.1) is 11.8 Å². The summed E-state index contributed by atoms with van der Waals surface area (Å²) in [5, 5.41) is 10.6. The first-order valence-electron chi connectivity index (χ1n) is 5.71. The van der Waals surface area contributed by atoms with E-state index in [0.29, 0.717) is 6.42 Å². The van der Waals surface area contributed by atoms with Crippen molar-refractivity contribution in [1.29, 1.82) is 0 Å². The van der Waals surface area contributed by atoms with Gasteiger partial charge < -0.3 is 15.6 Å². The van der Waals surface area contributed by atoms with Crippen LogP contribution in [0.1, 0.15) is 32.1 Å². The van der Waals surface area contributed by atoms with Gasteiger partial charge in [0.1, 0.15) is 0 Å². The maximum absolute atomic E-state index is 10.9. The van der Waals surface area contributed by atoms with E-state index < -0.39 is 22.1 Å². The molecule has 3 N–H and O–H groups in total. The number of carboxylic acid groups (broad SMARTS) is 1. The molecule has 0 aromatic rings. The monoisotopic (exact) mass is 287 g/mol. The summed E-state index contributed by atoms with van der Waals surface area (Å²) in [6, 6.07) is -1.07. The fraction of sp³-hybridized carbons (Fsp3) is 0.900. The number of rotatable bonds is 5. The van der Waals surface area contributed by atoms with Crippen molar-refractivity contribution in [3.63, 3.8) is 0 Å². The Bertz CT molecular complexity index is 372. The molecule has 0 aliphatic heterocycles. The molecule has 1 aliphatic carbocycles. The van der Waals surface area contributed by atoms with E-state index in [9.17, 15) is 18.3 Å². The van der Waals surface area contributed by atoms with Crippen molar-refractivity contribution in [2.24, 2.45) is 17.6 Å². The molecule has 1 fully saturated rings. The molecule has 1 rings (SSSR count). The van der Waals surface area contributed by atoms with Gasteiger partial charge >= 0.3 is 29.6 Å². The molecule has 8 heteroatoms. The zero-order valence-electron chi connectivity index (χ0n) is 10.5. The SMILES string of the molecule is N[C@@H](CC1CCCCC1CS(=O)(=O)O)C(=O)[O-].[Na+]. The molecule has 0 spiro atoms. The van der Waals surface area contributed by atoms with Crippen molar-refractivity contribution < 1.29 is 52.4 Å². The molecule has 0 heterocycles. The topological polar surface area (TPSA) is 121 Å². The van der Waals surface area contributed by atoms with Crippen molar-refractivity contribution in [2.45, 2.75) is 38.1 Å². The molecule has 0 radical (unpaired) electrons. The predicted octanol–water partition coefficient (Wildman–Crippen LogP) is -3.85. The van der Waals surface area contributed by atoms with Gasteiger partial charge in [-0.3, -0.25) is 4.55 Å². The first-order valence-corrected chi connectivity index (χ1v) is 7.32. The van der Waals surface area contributed by atoms with Gasteiger partial charge in [0, 0.05) is 6.04 Å². The van der Waals surface area contributed by atoms with Crippen molar-refractivity contribution in [3.8, 4) is 0 Å². The zero-order valence-corrected chi connectivity index (χ0v) is 13.4. The average Bonchev–Trinajstić information content (AvgIpc) is 2.18. The third kappa shape index (κ3) is 6.49. The molecule has 0 bridgehead atoms. The van der Waals surface area contributed by atoms with Crippen molar-refractivity contribution in [2.75, 3.05) is 5.75 Å². The maximum Gasteiger partial charge on any atom is 1.00 e. The molecule has 1 aliphatic rings. The van der Waals surface area contributed by atoms with E-state index in [2.05, 4.69) is 0 Å². The van der Waals surface area contributed by atoms with Crippen LogP contribution in [0.25, 0.3) is 0 Å². The number of aliphatic carboxylic acids is 1. The van der Waals surface area contributed by atoms with Gasteiger partial charge in [0.2, 0.25) is 0 Å². The molecule has 6 nitrogen and oxygen atoms in total. The van der Waals surface area contributed by atoms with Crippen LogP contribution in [-0.4, -0.2) is 30.7 Å². The summed E-state index contributed by atoms with van der Waals surface area (Å²) < 4.78 is 30.6. The third-order valence-corrected chi connectivity index (χ3v) is 4.20. The van der Waals surface area contributed by atoms with E-state index in [-0.39, 0.29) is 53.6 Å². The molecule has 3 atom stereocenters. The molecule has 18 heavy (non-hydrogen) atoms. The molecule has 0 saturated heterocycles. The maximum atomic E-state index is 10.9. The van der Waals surface area contributed by atoms with E-state index in [1.807, 2.05) is 0 Å². The van der Waals surface area contributed by atoms with Crippen LogP contribution in [0.5, 0.6) is 0 Å². The second-order valence-electron chi connectivity index (χ2n) is 4.71. The Balaban J connectivity index is 0.00000289. The summed E-state index contributed by atoms with van der Waals surface area (Å²) in [6.45, 7) is 0. The smallest absolute Gasteiger partial charge is 0.548 e. The zero-order chi connectivity index (χ0) is 13.1. The van der Waals surface area contributed by atoms with E-state index >= 15 is 0 Å². The Hall–Kier alpha value is 0.340. The summed E-state index contributed by atoms with van der Waals surface area (Å²) in [6.07, 6.45) is 3.48. The van der Waals surface area contributed by atoms with Crippen molar-refractivity contribution >= 4 is 16.1 Å². The first kappa shape index (κ1) is 18.3. The van der Waals surface area contributed by atoms with E-state index in [1.165, 1.54) is 0 Å². The van der Waals surface area contributed by atoms with Gasteiger partial charge in [-0.05, 0) is 24.7 Å². The van der Waals surface area contributed by atoms with Crippen molar-refractivity contribution in [3.05, 3.63) is 0 Å². The van der Waals surface area contributed by atoms with Gasteiger partial charge in [0.05, 0.1) is 11.7 Å². The van der Waals surface area contributed by atoms with Crippen LogP contribution in [0.15, 0.2) is 0 Å². The Kier molecular flexibility index (Phi) is 7.96. The molecule has 100 valence electrons. The summed E-state index contributed by atoms with van der Waals surface area (Å²) >= 11 is 0. The second-order valence-corrected chi connectivity index (χ2v) is 6.21. The van der Waals surface area contributed by atoms with Crippen LogP contribution in [0.3, 0.4) is 0 Å². The molecular formula is C10H18NNaO5S. The number of carbonyl (C=O) groups excluding carboxylic acids is 1. The number of nitrogens with two attached hydrogens (primary N) is 1. The van der Waals surface area contributed by atoms with Gasteiger partial charge in [-0.1, -0.05) is 19.3 Å². The van der Waals surface area contributed by atoms with Crippen molar-refractivity contribution in [1.82, 2.24) is 0 Å². The van der Waals surface area contributed by atoms with Gasteiger partial charge in [0.15, 0.2) is 0 Å². The number of carbonyl (C=O) groups is 1. The molecule has 2 unspecified atom stereocenters. The Morgan fingerprint density at radius 2 is 1.83 bits per heavy atom. The number of hydrogen-bond acceptors (Lipinski definition) is 5. The fourth-order valence-corrected chi connectivity index (χ4v) is 3.49. The summed E-state index contributed by atoms with van der Waals surface area (Å²) in [7, 11) is -4.02.